The summed E-state index contributed by atoms with van der Waals surface area (Å²) in [6.45, 7) is 1.63. The summed E-state index contributed by atoms with van der Waals surface area (Å²) >= 11 is 0. The second kappa shape index (κ2) is 8.27. The molecule has 0 amide bonds. The lowest BCUT2D eigenvalue weighted by molar-refractivity contribution is -0.137. The third kappa shape index (κ3) is 4.35. The zero-order valence-electron chi connectivity index (χ0n) is 15.5. The highest BCUT2D eigenvalue weighted by Crippen LogP contribution is 2.34. The molecule has 0 aliphatic heterocycles. The summed E-state index contributed by atoms with van der Waals surface area (Å²) in [6.07, 6.45) is -3.94. The summed E-state index contributed by atoms with van der Waals surface area (Å²) < 4.78 is 39.8. The average Bonchev–Trinajstić information content (AvgIpc) is 2.74. The summed E-state index contributed by atoms with van der Waals surface area (Å²) in [5.41, 5.74) is 0.912. The van der Waals surface area contributed by atoms with Gasteiger partial charge in [0.1, 0.15) is 0 Å². The van der Waals surface area contributed by atoms with Gasteiger partial charge in [-0.1, -0.05) is 66.7 Å². The Bertz CT molecular complexity index is 1070. The van der Waals surface area contributed by atoms with Crippen LogP contribution in [-0.2, 0) is 11.0 Å². The molecule has 3 aromatic carbocycles. The molecule has 0 unspecified atom stereocenters. The van der Waals surface area contributed by atoms with Crippen molar-refractivity contribution in [2.75, 3.05) is 0 Å². The van der Waals surface area contributed by atoms with E-state index in [1.807, 2.05) is 0 Å². The fourth-order valence-corrected chi connectivity index (χ4v) is 3.12. The van der Waals surface area contributed by atoms with E-state index in [1.165, 1.54) is 6.07 Å². The van der Waals surface area contributed by atoms with Crippen LogP contribution in [0.4, 0.5) is 13.2 Å². The van der Waals surface area contributed by atoms with Crippen LogP contribution >= 0.6 is 0 Å². The predicted octanol–water partition coefficient (Wildman–Crippen LogP) is 6.07. The second-order valence-electron chi connectivity index (χ2n) is 6.48. The maximum absolute atomic E-state index is 13.3. The number of allylic oxidation sites excluding steroid dienone is 2. The Morgan fingerprint density at radius 2 is 1.34 bits per heavy atom. The number of rotatable bonds is 5. The van der Waals surface area contributed by atoms with Crippen LogP contribution in [-0.4, -0.2) is 12.1 Å². The van der Waals surface area contributed by atoms with E-state index in [-0.39, 0.29) is 16.7 Å². The number of carbonyl (C=O) groups excluding carboxylic acids is 2. The SMILES string of the molecule is C/C(=C(/C=O)c1ccccc1)c1ccc(C(F)(F)F)cc1C(=O)c1ccccc1. The first-order valence-corrected chi connectivity index (χ1v) is 8.85. The summed E-state index contributed by atoms with van der Waals surface area (Å²) in [5.74, 6) is -0.538. The molecule has 5 heteroatoms. The molecule has 0 spiro atoms. The third-order valence-electron chi connectivity index (χ3n) is 4.64. The van der Waals surface area contributed by atoms with E-state index in [1.54, 1.807) is 67.6 Å². The molecule has 0 fully saturated rings. The van der Waals surface area contributed by atoms with Crippen molar-refractivity contribution in [3.63, 3.8) is 0 Å². The van der Waals surface area contributed by atoms with E-state index in [0.717, 1.165) is 12.1 Å². The first kappa shape index (κ1) is 20.3. The van der Waals surface area contributed by atoms with Gasteiger partial charge in [0.2, 0.25) is 0 Å². The van der Waals surface area contributed by atoms with E-state index in [2.05, 4.69) is 0 Å². The quantitative estimate of drug-likeness (QED) is 0.228. The molecular weight excluding hydrogens is 377 g/mol. The van der Waals surface area contributed by atoms with Gasteiger partial charge < -0.3 is 0 Å². The van der Waals surface area contributed by atoms with Crippen LogP contribution in [0.5, 0.6) is 0 Å². The molecule has 0 bridgehead atoms. The molecule has 0 radical (unpaired) electrons. The van der Waals surface area contributed by atoms with Gasteiger partial charge in [-0.3, -0.25) is 9.59 Å². The molecule has 3 aromatic rings. The molecule has 0 heterocycles. The normalized spacial score (nSPS) is 12.3. The minimum atomic E-state index is -4.59. The zero-order chi connectivity index (χ0) is 21.0. The molecule has 0 N–H and O–H groups in total. The molecule has 3 rings (SSSR count). The molecule has 0 saturated heterocycles. The Labute approximate surface area is 166 Å². The van der Waals surface area contributed by atoms with Crippen LogP contribution in [0.2, 0.25) is 0 Å². The van der Waals surface area contributed by atoms with Crippen molar-refractivity contribution in [3.05, 3.63) is 107 Å². The number of benzene rings is 3. The highest BCUT2D eigenvalue weighted by Gasteiger charge is 2.32. The van der Waals surface area contributed by atoms with Gasteiger partial charge in [0.25, 0.3) is 0 Å². The fourth-order valence-electron chi connectivity index (χ4n) is 3.12. The Hall–Kier alpha value is -3.47. The predicted molar refractivity (Wildman–Crippen MR) is 106 cm³/mol. The topological polar surface area (TPSA) is 34.1 Å². The molecule has 29 heavy (non-hydrogen) atoms. The van der Waals surface area contributed by atoms with E-state index < -0.39 is 17.5 Å². The van der Waals surface area contributed by atoms with E-state index in [0.29, 0.717) is 23.0 Å². The van der Waals surface area contributed by atoms with Crippen molar-refractivity contribution in [1.82, 2.24) is 0 Å². The average molecular weight is 394 g/mol. The van der Waals surface area contributed by atoms with Gasteiger partial charge in [-0.2, -0.15) is 13.2 Å². The number of aldehydes is 1. The van der Waals surface area contributed by atoms with Gasteiger partial charge in [0.05, 0.1) is 5.56 Å². The van der Waals surface area contributed by atoms with Crippen LogP contribution in [0, 0.1) is 0 Å². The smallest absolute Gasteiger partial charge is 0.298 e. The standard InChI is InChI=1S/C24H17F3O2/c1-16(22(15-28)17-8-4-2-5-9-17)20-13-12-19(24(25,26)27)14-21(20)23(29)18-10-6-3-7-11-18/h2-15H,1H3/b22-16+. The third-order valence-corrected chi connectivity index (χ3v) is 4.64. The van der Waals surface area contributed by atoms with E-state index in [4.69, 9.17) is 0 Å². The van der Waals surface area contributed by atoms with Gasteiger partial charge in [0, 0.05) is 16.7 Å². The number of halogens is 3. The lowest BCUT2D eigenvalue weighted by atomic mass is 9.89. The van der Waals surface area contributed by atoms with Crippen LogP contribution in [0.3, 0.4) is 0 Å². The summed E-state index contributed by atoms with van der Waals surface area (Å²) in [7, 11) is 0. The summed E-state index contributed by atoms with van der Waals surface area (Å²) in [5, 5.41) is 0. The van der Waals surface area contributed by atoms with Crippen molar-refractivity contribution in [2.45, 2.75) is 13.1 Å². The van der Waals surface area contributed by atoms with Gasteiger partial charge in [-0.05, 0) is 35.8 Å². The highest BCUT2D eigenvalue weighted by atomic mass is 19.4. The van der Waals surface area contributed by atoms with Gasteiger partial charge in [-0.15, -0.1) is 0 Å². The van der Waals surface area contributed by atoms with E-state index >= 15 is 0 Å². The number of hydrogen-bond donors (Lipinski definition) is 0. The Balaban J connectivity index is 2.24. The molecular formula is C24H17F3O2. The Kier molecular flexibility index (Phi) is 5.78. The van der Waals surface area contributed by atoms with Crippen molar-refractivity contribution in [2.24, 2.45) is 0 Å². The van der Waals surface area contributed by atoms with Gasteiger partial charge >= 0.3 is 6.18 Å². The van der Waals surface area contributed by atoms with Crippen molar-refractivity contribution < 1.29 is 22.8 Å². The highest BCUT2D eigenvalue weighted by molar-refractivity contribution is 6.20. The summed E-state index contributed by atoms with van der Waals surface area (Å²) in [6, 6.07) is 19.9. The Morgan fingerprint density at radius 1 is 0.793 bits per heavy atom. The van der Waals surface area contributed by atoms with Crippen LogP contribution < -0.4 is 0 Å². The first-order valence-electron chi connectivity index (χ1n) is 8.85. The fraction of sp³-hybridized carbons (Fsp3) is 0.0833. The number of hydrogen-bond acceptors (Lipinski definition) is 2. The molecule has 0 aliphatic carbocycles. The molecule has 0 aromatic heterocycles. The minimum absolute atomic E-state index is 0.0983. The molecule has 0 saturated carbocycles. The maximum Gasteiger partial charge on any atom is 0.416 e. The van der Waals surface area contributed by atoms with Crippen LogP contribution in [0.15, 0.2) is 78.9 Å². The molecule has 2 nitrogen and oxygen atoms in total. The largest absolute Gasteiger partial charge is 0.416 e. The van der Waals surface area contributed by atoms with Crippen molar-refractivity contribution in [1.29, 1.82) is 0 Å². The molecule has 0 atom stereocenters. The number of carbonyl (C=O) groups is 2. The lowest BCUT2D eigenvalue weighted by Gasteiger charge is -2.15. The minimum Gasteiger partial charge on any atom is -0.298 e. The van der Waals surface area contributed by atoms with Gasteiger partial charge in [0.15, 0.2) is 12.1 Å². The van der Waals surface area contributed by atoms with Crippen molar-refractivity contribution >= 4 is 23.2 Å². The van der Waals surface area contributed by atoms with Crippen LogP contribution in [0.25, 0.3) is 11.1 Å². The lowest BCUT2D eigenvalue weighted by Crippen LogP contribution is -2.11. The number of alkyl halides is 3. The van der Waals surface area contributed by atoms with Gasteiger partial charge in [-0.25, -0.2) is 0 Å². The second-order valence-corrected chi connectivity index (χ2v) is 6.48. The van der Waals surface area contributed by atoms with Crippen molar-refractivity contribution in [3.8, 4) is 0 Å². The monoisotopic (exact) mass is 394 g/mol. The number of ketones is 1. The zero-order valence-corrected chi connectivity index (χ0v) is 15.5. The molecule has 0 aliphatic rings. The Morgan fingerprint density at radius 3 is 1.86 bits per heavy atom. The molecule has 146 valence electrons. The maximum atomic E-state index is 13.3. The van der Waals surface area contributed by atoms with E-state index in [9.17, 15) is 22.8 Å². The van der Waals surface area contributed by atoms with Crippen LogP contribution in [0.1, 0.15) is 39.5 Å². The summed E-state index contributed by atoms with van der Waals surface area (Å²) in [4.78, 5) is 24.8. The first-order chi connectivity index (χ1) is 13.8.